The van der Waals surface area contributed by atoms with E-state index in [0.717, 1.165) is 3.57 Å². The Labute approximate surface area is 81.8 Å². The zero-order valence-electron chi connectivity index (χ0n) is 6.22. The van der Waals surface area contributed by atoms with Gasteiger partial charge in [0.25, 0.3) is 5.56 Å². The molecule has 0 saturated carbocycles. The molecule has 0 atom stereocenters. The molecule has 0 aliphatic heterocycles. The van der Waals surface area contributed by atoms with E-state index in [1.807, 2.05) is 22.6 Å². The van der Waals surface area contributed by atoms with Gasteiger partial charge < -0.3 is 10.1 Å². The maximum atomic E-state index is 11.0. The van der Waals surface area contributed by atoms with Crippen LogP contribution in [0.4, 0.5) is 0 Å². The van der Waals surface area contributed by atoms with E-state index in [4.69, 9.17) is 5.11 Å². The van der Waals surface area contributed by atoms with Crippen molar-refractivity contribution in [3.8, 4) is 0 Å². The van der Waals surface area contributed by atoms with E-state index in [1.54, 1.807) is 6.92 Å². The number of aromatic nitrogens is 1. The number of carbonyl (C=O) groups is 1. The first-order valence-electron chi connectivity index (χ1n) is 3.15. The molecule has 0 bridgehead atoms. The van der Waals surface area contributed by atoms with E-state index in [-0.39, 0.29) is 5.56 Å². The van der Waals surface area contributed by atoms with Crippen LogP contribution in [0.15, 0.2) is 10.9 Å². The predicted octanol–water partition coefficient (Wildman–Crippen LogP) is 0.986. The van der Waals surface area contributed by atoms with Gasteiger partial charge in [-0.1, -0.05) is 0 Å². The lowest BCUT2D eigenvalue weighted by atomic mass is 10.2. The van der Waals surface area contributed by atoms with E-state index < -0.39 is 11.5 Å². The van der Waals surface area contributed by atoms with Gasteiger partial charge in [0.1, 0.15) is 5.56 Å². The summed E-state index contributed by atoms with van der Waals surface area (Å²) in [6.07, 6.45) is 0. The number of nitrogens with one attached hydrogen (secondary N) is 1. The molecule has 0 aliphatic carbocycles. The predicted molar refractivity (Wildman–Crippen MR) is 51.5 cm³/mol. The molecule has 0 aliphatic rings. The number of rotatable bonds is 1. The van der Waals surface area contributed by atoms with Crippen LogP contribution in [-0.4, -0.2) is 16.1 Å². The monoisotopic (exact) mass is 279 g/mol. The third-order valence-corrected chi connectivity index (χ3v) is 2.53. The standard InChI is InChI=1S/C7H6INO3/c1-3-5(8)2-4(7(11)12)6(10)9-3/h2H,1H3,(H,9,10)(H,11,12). The molecular weight excluding hydrogens is 273 g/mol. The first kappa shape index (κ1) is 9.24. The average molecular weight is 279 g/mol. The molecule has 1 aromatic heterocycles. The first-order valence-corrected chi connectivity index (χ1v) is 4.23. The fraction of sp³-hybridized carbons (Fsp3) is 0.143. The molecule has 1 heterocycles. The maximum absolute atomic E-state index is 11.0. The van der Waals surface area contributed by atoms with E-state index in [9.17, 15) is 9.59 Å². The summed E-state index contributed by atoms with van der Waals surface area (Å²) in [4.78, 5) is 23.9. The van der Waals surface area contributed by atoms with Crippen LogP contribution in [0.2, 0.25) is 0 Å². The fourth-order valence-corrected chi connectivity index (χ4v) is 1.20. The normalized spacial score (nSPS) is 9.83. The smallest absolute Gasteiger partial charge is 0.341 e. The quantitative estimate of drug-likeness (QED) is 0.753. The van der Waals surface area contributed by atoms with Crippen LogP contribution in [0, 0.1) is 10.5 Å². The lowest BCUT2D eigenvalue weighted by Crippen LogP contribution is -2.18. The summed E-state index contributed by atoms with van der Waals surface area (Å²) < 4.78 is 0.740. The zero-order valence-corrected chi connectivity index (χ0v) is 8.38. The van der Waals surface area contributed by atoms with Gasteiger partial charge in [-0.2, -0.15) is 0 Å². The topological polar surface area (TPSA) is 70.2 Å². The average Bonchev–Trinajstić information content (AvgIpc) is 1.96. The number of aromatic amines is 1. The van der Waals surface area contributed by atoms with Crippen molar-refractivity contribution in [2.24, 2.45) is 0 Å². The SMILES string of the molecule is Cc1[nH]c(=O)c(C(=O)O)cc1I. The van der Waals surface area contributed by atoms with Gasteiger partial charge in [-0.3, -0.25) is 4.79 Å². The summed E-state index contributed by atoms with van der Waals surface area (Å²) in [7, 11) is 0. The van der Waals surface area contributed by atoms with Crippen molar-refractivity contribution < 1.29 is 9.90 Å². The van der Waals surface area contributed by atoms with Crippen LogP contribution in [-0.2, 0) is 0 Å². The van der Waals surface area contributed by atoms with Crippen molar-refractivity contribution in [3.63, 3.8) is 0 Å². The Kier molecular flexibility index (Phi) is 2.51. The van der Waals surface area contributed by atoms with E-state index >= 15 is 0 Å². The van der Waals surface area contributed by atoms with Gasteiger partial charge in [-0.25, -0.2) is 4.79 Å². The second-order valence-electron chi connectivity index (χ2n) is 2.29. The fourth-order valence-electron chi connectivity index (χ4n) is 0.757. The van der Waals surface area contributed by atoms with Crippen molar-refractivity contribution in [2.75, 3.05) is 0 Å². The summed E-state index contributed by atoms with van der Waals surface area (Å²) in [6.45, 7) is 1.72. The highest BCUT2D eigenvalue weighted by Crippen LogP contribution is 2.07. The van der Waals surface area contributed by atoms with Crippen molar-refractivity contribution in [2.45, 2.75) is 6.92 Å². The second-order valence-corrected chi connectivity index (χ2v) is 3.45. The van der Waals surface area contributed by atoms with Gasteiger partial charge >= 0.3 is 5.97 Å². The Bertz CT molecular complexity index is 383. The number of hydrogen-bond acceptors (Lipinski definition) is 2. The Hall–Kier alpha value is -0.850. The number of pyridine rings is 1. The first-order chi connectivity index (χ1) is 5.52. The molecule has 0 unspecified atom stereocenters. The van der Waals surface area contributed by atoms with Crippen molar-refractivity contribution >= 4 is 28.6 Å². The van der Waals surface area contributed by atoms with Crippen molar-refractivity contribution in [3.05, 3.63) is 31.2 Å². The minimum atomic E-state index is -1.20. The van der Waals surface area contributed by atoms with E-state index in [2.05, 4.69) is 4.98 Å². The van der Waals surface area contributed by atoms with Crippen LogP contribution in [0.1, 0.15) is 16.1 Å². The maximum Gasteiger partial charge on any atom is 0.341 e. The highest BCUT2D eigenvalue weighted by atomic mass is 127. The molecule has 64 valence electrons. The highest BCUT2D eigenvalue weighted by molar-refractivity contribution is 14.1. The van der Waals surface area contributed by atoms with Gasteiger partial charge in [-0.05, 0) is 35.6 Å². The largest absolute Gasteiger partial charge is 0.477 e. The second kappa shape index (κ2) is 3.26. The molecule has 1 rings (SSSR count). The summed E-state index contributed by atoms with van der Waals surface area (Å²) in [6, 6.07) is 1.36. The Morgan fingerprint density at radius 1 is 1.67 bits per heavy atom. The number of halogens is 1. The summed E-state index contributed by atoms with van der Waals surface area (Å²) in [5.41, 5.74) is -0.0870. The molecule has 2 N–H and O–H groups in total. The van der Waals surface area contributed by atoms with E-state index in [1.165, 1.54) is 6.07 Å². The number of aryl methyl sites for hydroxylation is 1. The van der Waals surface area contributed by atoms with Gasteiger partial charge in [0.05, 0.1) is 0 Å². The molecule has 4 nitrogen and oxygen atoms in total. The molecule has 0 aromatic carbocycles. The number of carboxylic acid groups (broad SMARTS) is 1. The van der Waals surface area contributed by atoms with Crippen LogP contribution >= 0.6 is 22.6 Å². The van der Waals surface area contributed by atoms with Crippen LogP contribution in [0.25, 0.3) is 0 Å². The number of hydrogen-bond donors (Lipinski definition) is 2. The third-order valence-electron chi connectivity index (χ3n) is 1.41. The van der Waals surface area contributed by atoms with Gasteiger partial charge in [0.2, 0.25) is 0 Å². The molecule has 0 radical (unpaired) electrons. The lowest BCUT2D eigenvalue weighted by Gasteiger charge is -1.98. The van der Waals surface area contributed by atoms with E-state index in [0.29, 0.717) is 5.69 Å². The van der Waals surface area contributed by atoms with Gasteiger partial charge in [0, 0.05) is 9.26 Å². The molecular formula is C7H6INO3. The summed E-state index contributed by atoms with van der Waals surface area (Å²) >= 11 is 1.97. The van der Waals surface area contributed by atoms with Crippen LogP contribution < -0.4 is 5.56 Å². The molecule has 0 spiro atoms. The molecule has 0 amide bonds. The Morgan fingerprint density at radius 2 is 2.25 bits per heavy atom. The number of H-pyrrole nitrogens is 1. The molecule has 1 aromatic rings. The minimum Gasteiger partial charge on any atom is -0.477 e. The number of aromatic carboxylic acids is 1. The molecule has 0 saturated heterocycles. The minimum absolute atomic E-state index is 0.218. The van der Waals surface area contributed by atoms with Crippen LogP contribution in [0.3, 0.4) is 0 Å². The van der Waals surface area contributed by atoms with Gasteiger partial charge in [-0.15, -0.1) is 0 Å². The molecule has 12 heavy (non-hydrogen) atoms. The van der Waals surface area contributed by atoms with Crippen LogP contribution in [0.5, 0.6) is 0 Å². The highest BCUT2D eigenvalue weighted by Gasteiger charge is 2.09. The Balaban J connectivity index is 3.43. The molecule has 0 fully saturated rings. The van der Waals surface area contributed by atoms with Gasteiger partial charge in [0.15, 0.2) is 0 Å². The summed E-state index contributed by atoms with van der Waals surface area (Å²) in [5, 5.41) is 8.56. The molecule has 5 heteroatoms. The number of carboxylic acids is 1. The zero-order chi connectivity index (χ0) is 9.30. The van der Waals surface area contributed by atoms with Crippen molar-refractivity contribution in [1.29, 1.82) is 0 Å². The van der Waals surface area contributed by atoms with Crippen molar-refractivity contribution in [1.82, 2.24) is 4.98 Å². The summed E-state index contributed by atoms with van der Waals surface area (Å²) in [5.74, 6) is -1.20. The Morgan fingerprint density at radius 3 is 2.75 bits per heavy atom. The third kappa shape index (κ3) is 1.66. The lowest BCUT2D eigenvalue weighted by molar-refractivity contribution is 0.0695.